The second-order valence-electron chi connectivity index (χ2n) is 5.65. The van der Waals surface area contributed by atoms with Crippen LogP contribution >= 0.6 is 11.8 Å². The lowest BCUT2D eigenvalue weighted by Crippen LogP contribution is -2.22. The average molecular weight is 394 g/mol. The van der Waals surface area contributed by atoms with Crippen LogP contribution < -0.4 is 10.4 Å². The van der Waals surface area contributed by atoms with Gasteiger partial charge in [0.25, 0.3) is 0 Å². The van der Waals surface area contributed by atoms with Crippen LogP contribution in [0.15, 0.2) is 66.6 Å². The molecule has 0 fully saturated rings. The normalized spacial score (nSPS) is 10.4. The third-order valence-corrected chi connectivity index (χ3v) is 4.63. The van der Waals surface area contributed by atoms with Crippen LogP contribution in [0.3, 0.4) is 0 Å². The Morgan fingerprint density at radius 1 is 1.25 bits per heavy atom. The summed E-state index contributed by atoms with van der Waals surface area (Å²) in [7, 11) is 0. The second-order valence-corrected chi connectivity index (χ2v) is 6.59. The van der Waals surface area contributed by atoms with Crippen molar-refractivity contribution in [3.8, 4) is 11.4 Å². The molecule has 28 heavy (non-hydrogen) atoms. The molecule has 142 valence electrons. The number of anilines is 1. The SMILES string of the molecule is C=CCn1c(SCC(=O)Nc2cccc(C(=O)[O-])c2)nnc1-c1cccnc1. The number of nitrogens with zero attached hydrogens (tertiary/aromatic N) is 4. The third-order valence-electron chi connectivity index (χ3n) is 3.66. The fourth-order valence-corrected chi connectivity index (χ4v) is 3.20. The van der Waals surface area contributed by atoms with Crippen molar-refractivity contribution in [1.29, 1.82) is 0 Å². The van der Waals surface area contributed by atoms with Gasteiger partial charge >= 0.3 is 0 Å². The summed E-state index contributed by atoms with van der Waals surface area (Å²) in [5.41, 5.74) is 1.19. The summed E-state index contributed by atoms with van der Waals surface area (Å²) >= 11 is 1.22. The van der Waals surface area contributed by atoms with Crippen molar-refractivity contribution in [1.82, 2.24) is 19.7 Å². The first-order chi connectivity index (χ1) is 13.6. The molecule has 0 saturated heterocycles. The summed E-state index contributed by atoms with van der Waals surface area (Å²) < 4.78 is 1.85. The molecule has 3 aromatic rings. The Kier molecular flexibility index (Phi) is 6.18. The first kappa shape index (κ1) is 19.3. The zero-order chi connectivity index (χ0) is 19.9. The zero-order valence-corrected chi connectivity index (χ0v) is 15.6. The molecule has 0 aliphatic carbocycles. The Morgan fingerprint density at radius 2 is 2.11 bits per heavy atom. The molecule has 0 radical (unpaired) electrons. The van der Waals surface area contributed by atoms with Crippen molar-refractivity contribution < 1.29 is 14.7 Å². The second kappa shape index (κ2) is 8.96. The highest BCUT2D eigenvalue weighted by molar-refractivity contribution is 7.99. The van der Waals surface area contributed by atoms with E-state index in [0.29, 0.717) is 23.2 Å². The minimum Gasteiger partial charge on any atom is -0.545 e. The minimum atomic E-state index is -1.30. The maximum Gasteiger partial charge on any atom is 0.234 e. The number of carbonyl (C=O) groups excluding carboxylic acids is 2. The quantitative estimate of drug-likeness (QED) is 0.456. The molecule has 2 heterocycles. The van der Waals surface area contributed by atoms with Crippen LogP contribution in [0.2, 0.25) is 0 Å². The van der Waals surface area contributed by atoms with Gasteiger partial charge < -0.3 is 15.2 Å². The molecule has 2 aromatic heterocycles. The van der Waals surface area contributed by atoms with Crippen molar-refractivity contribution >= 4 is 29.3 Å². The number of carboxylic acids is 1. The van der Waals surface area contributed by atoms with E-state index in [4.69, 9.17) is 0 Å². The zero-order valence-electron chi connectivity index (χ0n) is 14.7. The van der Waals surface area contributed by atoms with Gasteiger partial charge in [0.1, 0.15) is 0 Å². The highest BCUT2D eigenvalue weighted by Crippen LogP contribution is 2.23. The maximum atomic E-state index is 12.2. The molecule has 1 N–H and O–H groups in total. The molecule has 0 atom stereocenters. The van der Waals surface area contributed by atoms with Gasteiger partial charge in [0.2, 0.25) is 5.91 Å². The van der Waals surface area contributed by atoms with Crippen LogP contribution in [0, 0.1) is 0 Å². The minimum absolute atomic E-state index is 0.00251. The van der Waals surface area contributed by atoms with Gasteiger partial charge in [-0.1, -0.05) is 30.0 Å². The number of carboxylic acid groups (broad SMARTS) is 1. The first-order valence-electron chi connectivity index (χ1n) is 8.27. The van der Waals surface area contributed by atoms with Crippen LogP contribution in [0.1, 0.15) is 10.4 Å². The van der Waals surface area contributed by atoms with Crippen LogP contribution in [0.5, 0.6) is 0 Å². The van der Waals surface area contributed by atoms with Gasteiger partial charge in [0.15, 0.2) is 11.0 Å². The number of allylic oxidation sites excluding steroid dienone is 1. The number of hydrogen-bond donors (Lipinski definition) is 1. The van der Waals surface area contributed by atoms with Crippen molar-refractivity contribution in [2.75, 3.05) is 11.1 Å². The fourth-order valence-electron chi connectivity index (χ4n) is 2.45. The molecule has 1 aromatic carbocycles. The molecule has 0 unspecified atom stereocenters. The topological polar surface area (TPSA) is 113 Å². The summed E-state index contributed by atoms with van der Waals surface area (Å²) in [6, 6.07) is 9.58. The molecule has 0 bridgehead atoms. The Bertz CT molecular complexity index is 1000. The van der Waals surface area contributed by atoms with Gasteiger partial charge in [-0.3, -0.25) is 14.3 Å². The highest BCUT2D eigenvalue weighted by Gasteiger charge is 2.15. The van der Waals surface area contributed by atoms with Gasteiger partial charge in [-0.05, 0) is 29.8 Å². The molecule has 3 rings (SSSR count). The number of amides is 1. The van der Waals surface area contributed by atoms with Crippen LogP contribution in [0.4, 0.5) is 5.69 Å². The van der Waals surface area contributed by atoms with Crippen molar-refractivity contribution in [2.45, 2.75) is 11.7 Å². The van der Waals surface area contributed by atoms with Gasteiger partial charge in [0.05, 0.1) is 11.7 Å². The summed E-state index contributed by atoms with van der Waals surface area (Å²) in [5.74, 6) is -0.877. The Morgan fingerprint density at radius 3 is 2.82 bits per heavy atom. The van der Waals surface area contributed by atoms with E-state index in [1.807, 2.05) is 16.7 Å². The monoisotopic (exact) mass is 394 g/mol. The van der Waals surface area contributed by atoms with E-state index in [0.717, 1.165) is 5.56 Å². The number of rotatable bonds is 8. The largest absolute Gasteiger partial charge is 0.545 e. The summed E-state index contributed by atoms with van der Waals surface area (Å²) in [6.45, 7) is 4.23. The third kappa shape index (κ3) is 4.63. The average Bonchev–Trinajstić information content (AvgIpc) is 3.10. The molecule has 9 heteroatoms. The maximum absolute atomic E-state index is 12.2. The molecule has 0 aliphatic heterocycles. The Balaban J connectivity index is 1.69. The lowest BCUT2D eigenvalue weighted by Gasteiger charge is -2.09. The van der Waals surface area contributed by atoms with Crippen molar-refractivity contribution in [2.24, 2.45) is 0 Å². The first-order valence-corrected chi connectivity index (χ1v) is 9.25. The van der Waals surface area contributed by atoms with E-state index in [1.54, 1.807) is 24.5 Å². The van der Waals surface area contributed by atoms with E-state index in [9.17, 15) is 14.7 Å². The predicted octanol–water partition coefficient (Wildman–Crippen LogP) is 1.62. The summed E-state index contributed by atoms with van der Waals surface area (Å²) in [6.07, 6.45) is 5.08. The van der Waals surface area contributed by atoms with Gasteiger partial charge in [0, 0.05) is 30.2 Å². The number of benzene rings is 1. The lowest BCUT2D eigenvalue weighted by molar-refractivity contribution is -0.255. The van der Waals surface area contributed by atoms with E-state index in [2.05, 4.69) is 27.1 Å². The Hall–Kier alpha value is -3.46. The molecular weight excluding hydrogens is 378 g/mol. The van der Waals surface area contributed by atoms with Crippen molar-refractivity contribution in [3.05, 3.63) is 67.0 Å². The predicted molar refractivity (Wildman–Crippen MR) is 104 cm³/mol. The molecule has 8 nitrogen and oxygen atoms in total. The molecule has 1 amide bonds. The van der Waals surface area contributed by atoms with E-state index in [-0.39, 0.29) is 17.2 Å². The van der Waals surface area contributed by atoms with Crippen molar-refractivity contribution in [3.63, 3.8) is 0 Å². The standard InChI is InChI=1S/C19H17N5O3S/c1-2-9-24-17(14-6-4-8-20-11-14)22-23-19(24)28-12-16(25)21-15-7-3-5-13(10-15)18(26)27/h2-8,10-11H,1,9,12H2,(H,21,25)(H,26,27)/p-1. The highest BCUT2D eigenvalue weighted by atomic mass is 32.2. The van der Waals surface area contributed by atoms with Gasteiger partial charge in [-0.25, -0.2) is 0 Å². The van der Waals surface area contributed by atoms with E-state index >= 15 is 0 Å². The number of nitrogens with one attached hydrogen (secondary N) is 1. The fraction of sp³-hybridized carbons (Fsp3) is 0.105. The summed E-state index contributed by atoms with van der Waals surface area (Å²) in [4.78, 5) is 27.2. The Labute approximate surface area is 165 Å². The summed E-state index contributed by atoms with van der Waals surface area (Å²) in [5, 5.41) is 22.5. The molecule has 0 aliphatic rings. The number of carbonyl (C=O) groups is 2. The van der Waals surface area contributed by atoms with Crippen LogP contribution in [-0.2, 0) is 11.3 Å². The van der Waals surface area contributed by atoms with Crippen LogP contribution in [-0.4, -0.2) is 37.4 Å². The smallest absolute Gasteiger partial charge is 0.234 e. The number of aromatic nitrogens is 4. The lowest BCUT2D eigenvalue weighted by atomic mass is 10.2. The van der Waals surface area contributed by atoms with Gasteiger partial charge in [-0.2, -0.15) is 0 Å². The number of thioether (sulfide) groups is 1. The molecular formula is C19H16N5O3S-. The van der Waals surface area contributed by atoms with E-state index < -0.39 is 5.97 Å². The number of aromatic carboxylic acids is 1. The van der Waals surface area contributed by atoms with Gasteiger partial charge in [-0.15, -0.1) is 16.8 Å². The van der Waals surface area contributed by atoms with E-state index in [1.165, 1.54) is 30.0 Å². The van der Waals surface area contributed by atoms with Crippen LogP contribution in [0.25, 0.3) is 11.4 Å². The number of pyridine rings is 1. The molecule has 0 saturated carbocycles. The molecule has 0 spiro atoms. The number of hydrogen-bond acceptors (Lipinski definition) is 7.